The molecule has 1 aliphatic heterocycles. The van der Waals surface area contributed by atoms with E-state index in [1.54, 1.807) is 23.1 Å². The molecule has 2 amide bonds. The van der Waals surface area contributed by atoms with Crippen molar-refractivity contribution in [3.05, 3.63) is 35.4 Å². The molecule has 0 aliphatic carbocycles. The van der Waals surface area contributed by atoms with E-state index in [9.17, 15) is 4.79 Å². The van der Waals surface area contributed by atoms with E-state index in [2.05, 4.69) is 11.1 Å². The lowest BCUT2D eigenvalue weighted by Gasteiger charge is -2.28. The molecule has 92 valence electrons. The molecule has 0 bridgehead atoms. The number of aliphatic imine (C=N–C) groups is 1. The summed E-state index contributed by atoms with van der Waals surface area (Å²) in [6.45, 7) is 3.79. The lowest BCUT2D eigenvalue weighted by molar-refractivity contribution is 0.190. The van der Waals surface area contributed by atoms with E-state index in [0.29, 0.717) is 5.56 Å². The van der Waals surface area contributed by atoms with Crippen LogP contribution < -0.4 is 5.73 Å². The van der Waals surface area contributed by atoms with Crippen molar-refractivity contribution in [1.82, 2.24) is 4.90 Å². The van der Waals surface area contributed by atoms with Crippen LogP contribution >= 0.6 is 0 Å². The highest BCUT2D eigenvalue weighted by molar-refractivity contribution is 6.03. The molecule has 0 radical (unpaired) electrons. The Morgan fingerprint density at radius 3 is 2.72 bits per heavy atom. The molecule has 5 nitrogen and oxygen atoms in total. The fraction of sp³-hybridized carbons (Fsp3) is 0.308. The van der Waals surface area contributed by atoms with Crippen molar-refractivity contribution in [2.75, 3.05) is 0 Å². The van der Waals surface area contributed by atoms with Crippen molar-refractivity contribution >= 4 is 11.9 Å². The molecule has 2 rings (SSSR count). The molecule has 1 aromatic carbocycles. The minimum atomic E-state index is -0.437. The molecule has 18 heavy (non-hydrogen) atoms. The number of urea groups is 1. The van der Waals surface area contributed by atoms with Crippen LogP contribution in [-0.4, -0.2) is 22.8 Å². The first kappa shape index (κ1) is 12.1. The van der Waals surface area contributed by atoms with E-state index >= 15 is 0 Å². The number of amides is 2. The maximum atomic E-state index is 11.8. The van der Waals surface area contributed by atoms with E-state index < -0.39 is 6.04 Å². The second-order valence-corrected chi connectivity index (χ2v) is 4.42. The Morgan fingerprint density at radius 2 is 2.11 bits per heavy atom. The van der Waals surface area contributed by atoms with Gasteiger partial charge in [0.1, 0.15) is 11.9 Å². The van der Waals surface area contributed by atoms with Crippen LogP contribution in [0.15, 0.2) is 29.3 Å². The number of amidine groups is 1. The van der Waals surface area contributed by atoms with Crippen LogP contribution in [0.25, 0.3) is 0 Å². The van der Waals surface area contributed by atoms with Gasteiger partial charge in [0.2, 0.25) is 0 Å². The fourth-order valence-corrected chi connectivity index (χ4v) is 2.15. The highest BCUT2D eigenvalue weighted by Gasteiger charge is 2.37. The molecule has 0 saturated heterocycles. The van der Waals surface area contributed by atoms with Gasteiger partial charge in [-0.15, -0.1) is 0 Å². The normalized spacial score (nSPS) is 19.0. The molecule has 0 fully saturated rings. The molecule has 1 heterocycles. The van der Waals surface area contributed by atoms with Crippen LogP contribution in [-0.2, 0) is 0 Å². The van der Waals surface area contributed by atoms with Gasteiger partial charge in [-0.25, -0.2) is 4.79 Å². The predicted molar refractivity (Wildman–Crippen MR) is 67.9 cm³/mol. The van der Waals surface area contributed by atoms with Crippen molar-refractivity contribution < 1.29 is 4.79 Å². The summed E-state index contributed by atoms with van der Waals surface area (Å²) in [4.78, 5) is 17.2. The summed E-state index contributed by atoms with van der Waals surface area (Å²) in [5.41, 5.74) is 7.07. The Morgan fingerprint density at radius 1 is 1.44 bits per heavy atom. The van der Waals surface area contributed by atoms with Crippen LogP contribution in [0, 0.1) is 11.3 Å². The minimum Gasteiger partial charge on any atom is -0.385 e. The molecular weight excluding hydrogens is 228 g/mol. The third-order valence-corrected chi connectivity index (χ3v) is 2.94. The predicted octanol–water partition coefficient (Wildman–Crippen LogP) is 1.80. The largest absolute Gasteiger partial charge is 0.385 e. The average molecular weight is 242 g/mol. The van der Waals surface area contributed by atoms with Crippen molar-refractivity contribution in [1.29, 1.82) is 5.26 Å². The summed E-state index contributed by atoms with van der Waals surface area (Å²) in [6.07, 6.45) is 0. The molecule has 1 atom stereocenters. The zero-order valence-corrected chi connectivity index (χ0v) is 10.3. The summed E-state index contributed by atoms with van der Waals surface area (Å²) in [6, 6.07) is 8.43. The van der Waals surface area contributed by atoms with Gasteiger partial charge in [0.15, 0.2) is 0 Å². The number of benzene rings is 1. The first-order chi connectivity index (χ1) is 8.56. The van der Waals surface area contributed by atoms with Crippen LogP contribution in [0.1, 0.15) is 31.0 Å². The standard InChI is InChI=1S/C13H14N4O/c1-8(2)17-11(12(15)16-13(17)18)10-6-4-3-5-9(10)7-14/h3-6,8,11H,1-2H3,(H2,15,16,18). The van der Waals surface area contributed by atoms with E-state index in [0.717, 1.165) is 5.56 Å². The summed E-state index contributed by atoms with van der Waals surface area (Å²) in [7, 11) is 0. The van der Waals surface area contributed by atoms with Gasteiger partial charge in [-0.05, 0) is 19.9 Å². The Labute approximate surface area is 106 Å². The first-order valence-corrected chi connectivity index (χ1v) is 5.71. The number of nitrogens with two attached hydrogens (primary N) is 1. The van der Waals surface area contributed by atoms with Gasteiger partial charge in [-0.3, -0.25) is 0 Å². The number of hydrogen-bond donors (Lipinski definition) is 1. The van der Waals surface area contributed by atoms with E-state index in [4.69, 9.17) is 11.0 Å². The van der Waals surface area contributed by atoms with Gasteiger partial charge in [0.05, 0.1) is 11.6 Å². The second kappa shape index (κ2) is 4.49. The van der Waals surface area contributed by atoms with Crippen LogP contribution in [0.3, 0.4) is 0 Å². The zero-order chi connectivity index (χ0) is 13.3. The lowest BCUT2D eigenvalue weighted by Crippen LogP contribution is -2.38. The Bertz CT molecular complexity index is 556. The monoisotopic (exact) mass is 242 g/mol. The number of hydrogen-bond acceptors (Lipinski definition) is 3. The van der Waals surface area contributed by atoms with Crippen molar-refractivity contribution in [3.8, 4) is 6.07 Å². The highest BCUT2D eigenvalue weighted by atomic mass is 16.2. The van der Waals surface area contributed by atoms with Crippen molar-refractivity contribution in [2.45, 2.75) is 25.9 Å². The Kier molecular flexibility index (Phi) is 3.02. The smallest absolute Gasteiger partial charge is 0.346 e. The van der Waals surface area contributed by atoms with Gasteiger partial charge in [0.25, 0.3) is 0 Å². The molecule has 0 aromatic heterocycles. The SMILES string of the molecule is CC(C)N1C(=O)N=C(N)C1c1ccccc1C#N. The lowest BCUT2D eigenvalue weighted by atomic mass is 9.99. The fourth-order valence-electron chi connectivity index (χ4n) is 2.15. The van der Waals surface area contributed by atoms with Crippen LogP contribution in [0.5, 0.6) is 0 Å². The highest BCUT2D eigenvalue weighted by Crippen LogP contribution is 2.30. The van der Waals surface area contributed by atoms with E-state index in [1.165, 1.54) is 0 Å². The van der Waals surface area contributed by atoms with Crippen LogP contribution in [0.4, 0.5) is 4.79 Å². The number of carbonyl (C=O) groups excluding carboxylic acids is 1. The maximum absolute atomic E-state index is 11.8. The number of carbonyl (C=O) groups is 1. The first-order valence-electron chi connectivity index (χ1n) is 5.71. The molecule has 0 spiro atoms. The molecule has 1 unspecified atom stereocenters. The third kappa shape index (κ3) is 1.82. The van der Waals surface area contributed by atoms with Gasteiger partial charge >= 0.3 is 6.03 Å². The molecule has 1 aliphatic rings. The summed E-state index contributed by atoms with van der Waals surface area (Å²) in [5.74, 6) is 0.247. The molecule has 0 saturated carbocycles. The summed E-state index contributed by atoms with van der Waals surface area (Å²) >= 11 is 0. The molecular formula is C13H14N4O. The molecule has 2 N–H and O–H groups in total. The third-order valence-electron chi connectivity index (χ3n) is 2.94. The van der Waals surface area contributed by atoms with Gasteiger partial charge in [-0.2, -0.15) is 10.3 Å². The summed E-state index contributed by atoms with van der Waals surface area (Å²) < 4.78 is 0. The maximum Gasteiger partial charge on any atom is 0.346 e. The van der Waals surface area contributed by atoms with Gasteiger partial charge < -0.3 is 10.6 Å². The Balaban J connectivity index is 2.52. The average Bonchev–Trinajstić information content (AvgIpc) is 2.64. The quantitative estimate of drug-likeness (QED) is 0.858. The zero-order valence-electron chi connectivity index (χ0n) is 10.3. The number of rotatable bonds is 2. The molecule has 1 aromatic rings. The van der Waals surface area contributed by atoms with Gasteiger partial charge in [-0.1, -0.05) is 18.2 Å². The second-order valence-electron chi connectivity index (χ2n) is 4.42. The van der Waals surface area contributed by atoms with Gasteiger partial charge in [0, 0.05) is 11.6 Å². The number of nitrogens with zero attached hydrogens (tertiary/aromatic N) is 3. The topological polar surface area (TPSA) is 82.5 Å². The minimum absolute atomic E-state index is 0.0287. The van der Waals surface area contributed by atoms with Crippen molar-refractivity contribution in [3.63, 3.8) is 0 Å². The van der Waals surface area contributed by atoms with E-state index in [1.807, 2.05) is 19.9 Å². The van der Waals surface area contributed by atoms with E-state index in [-0.39, 0.29) is 17.9 Å². The van der Waals surface area contributed by atoms with Crippen LogP contribution in [0.2, 0.25) is 0 Å². The Hall–Kier alpha value is -2.35. The molecule has 5 heteroatoms. The number of nitriles is 1. The van der Waals surface area contributed by atoms with Crippen molar-refractivity contribution in [2.24, 2.45) is 10.7 Å². The summed E-state index contributed by atoms with van der Waals surface area (Å²) in [5, 5.41) is 9.12.